The molecule has 4 aromatic heterocycles. The van der Waals surface area contributed by atoms with Gasteiger partial charge in [-0.3, -0.25) is 14.4 Å². The van der Waals surface area contributed by atoms with E-state index in [-0.39, 0.29) is 13.1 Å². The Kier molecular flexibility index (Phi) is 16.0. The van der Waals surface area contributed by atoms with Gasteiger partial charge in [0.1, 0.15) is 23.5 Å². The molecule has 10 aromatic rings. The summed E-state index contributed by atoms with van der Waals surface area (Å²) in [6, 6.07) is 50.4. The van der Waals surface area contributed by atoms with Gasteiger partial charge in [0, 0.05) is 60.4 Å². The molecule has 10 rings (SSSR count). The Balaban J connectivity index is 0.000000188. The fraction of sp³-hybridized carbons (Fsp3) is 0.123. The number of esters is 1. The molecule has 0 saturated heterocycles. The first-order chi connectivity index (χ1) is 37.6. The number of hydrogen-bond donors (Lipinski definition) is 7. The van der Waals surface area contributed by atoms with Gasteiger partial charge in [-0.25, -0.2) is 34.7 Å². The van der Waals surface area contributed by atoms with Crippen LogP contribution in [0.2, 0.25) is 0 Å². The summed E-state index contributed by atoms with van der Waals surface area (Å²) in [5.41, 5.74) is 13.9. The van der Waals surface area contributed by atoms with Gasteiger partial charge in [-0.15, -0.1) is 0 Å². The summed E-state index contributed by atoms with van der Waals surface area (Å²) in [7, 11) is 4.78. The lowest BCUT2D eigenvalue weighted by molar-refractivity contribution is -0.142. The molecule has 77 heavy (non-hydrogen) atoms. The molecule has 20 heteroatoms. The molecule has 0 unspecified atom stereocenters. The van der Waals surface area contributed by atoms with Crippen LogP contribution in [-0.4, -0.2) is 110 Å². The molecule has 0 aliphatic rings. The van der Waals surface area contributed by atoms with E-state index < -0.39 is 35.8 Å². The number of H-pyrrole nitrogens is 2. The maximum Gasteiger partial charge on any atom is 0.330 e. The standard InChI is InChI=1S/C29H27N7O3.C28H26N8O2/c1-30-29-31-16-15-23(35-29)26-32-22-14-13-19(17-24(22)33-26)27(37)34-25(28(38)39-2)18-36(20-9-5-3-6-10-20)21-11-7-4-8-12-21;1-30-28-31-15-14-22(35-28)26-32-21-13-12-18(16-23(21)33-26)27(38)34-24(25(29)37)17-36(19-8-4-2-5-9-19)20-10-6-3-7-11-20/h3-17,25H,18H2,1-2H3,(H,32,33)(H,34,37)(H,30,31,35);2-16,24H,17H2,1H3,(H2,29,37)(H,32,33)(H,34,38)(H,30,31,35)/t25-;24-/m00/s1. The number of carbonyl (C=O) groups is 4. The number of aromatic amines is 2. The fourth-order valence-electron chi connectivity index (χ4n) is 8.29. The molecule has 3 amide bonds. The number of primary amides is 1. The number of para-hydroxylation sites is 4. The van der Waals surface area contributed by atoms with E-state index >= 15 is 0 Å². The number of aromatic nitrogens is 8. The molecule has 2 atom stereocenters. The average Bonchev–Trinajstić information content (AvgIpc) is 4.16. The van der Waals surface area contributed by atoms with Crippen LogP contribution in [0.5, 0.6) is 0 Å². The van der Waals surface area contributed by atoms with Crippen molar-refractivity contribution in [1.82, 2.24) is 50.5 Å². The van der Waals surface area contributed by atoms with Crippen molar-refractivity contribution in [3.05, 3.63) is 193 Å². The first kappa shape index (κ1) is 51.4. The van der Waals surface area contributed by atoms with E-state index in [1.807, 2.05) is 131 Å². The summed E-state index contributed by atoms with van der Waals surface area (Å²) in [5, 5.41) is 11.5. The van der Waals surface area contributed by atoms with Gasteiger partial charge in [-0.05, 0) is 97.1 Å². The molecule has 0 fully saturated rings. The number of rotatable bonds is 18. The predicted octanol–water partition coefficient (Wildman–Crippen LogP) is 7.65. The molecular weight excluding hydrogens is 975 g/mol. The topological polar surface area (TPSA) is 267 Å². The van der Waals surface area contributed by atoms with Crippen LogP contribution in [-0.2, 0) is 14.3 Å². The molecular formula is C57H53N15O5. The molecule has 20 nitrogen and oxygen atoms in total. The Morgan fingerprint density at radius 3 is 1.26 bits per heavy atom. The van der Waals surface area contributed by atoms with Crippen molar-refractivity contribution in [1.29, 1.82) is 0 Å². The summed E-state index contributed by atoms with van der Waals surface area (Å²) >= 11 is 0. The number of imidazole rings is 2. The van der Waals surface area contributed by atoms with Gasteiger partial charge in [0.15, 0.2) is 11.6 Å². The number of anilines is 6. The highest BCUT2D eigenvalue weighted by Crippen LogP contribution is 2.28. The van der Waals surface area contributed by atoms with E-state index in [9.17, 15) is 19.2 Å². The van der Waals surface area contributed by atoms with Gasteiger partial charge in [0.05, 0.1) is 42.3 Å². The largest absolute Gasteiger partial charge is 0.467 e. The second kappa shape index (κ2) is 24.0. The first-order valence-electron chi connectivity index (χ1n) is 24.3. The maximum atomic E-state index is 13.3. The number of amides is 3. The van der Waals surface area contributed by atoms with Crippen LogP contribution in [0.15, 0.2) is 182 Å². The van der Waals surface area contributed by atoms with E-state index in [0.29, 0.717) is 68.1 Å². The molecule has 0 radical (unpaired) electrons. The molecule has 0 bridgehead atoms. The summed E-state index contributed by atoms with van der Waals surface area (Å²) in [6.07, 6.45) is 3.28. The monoisotopic (exact) mass is 1030 g/mol. The van der Waals surface area contributed by atoms with Crippen LogP contribution < -0.4 is 36.8 Å². The van der Waals surface area contributed by atoms with Crippen LogP contribution in [0.4, 0.5) is 34.6 Å². The number of methoxy groups -OCH3 is 1. The summed E-state index contributed by atoms with van der Waals surface area (Å²) in [5.74, 6) is 0.0282. The Bertz CT molecular complexity index is 3560. The molecule has 8 N–H and O–H groups in total. The number of carbonyl (C=O) groups excluding carboxylic acids is 4. The van der Waals surface area contributed by atoms with Crippen molar-refractivity contribution in [3.8, 4) is 23.0 Å². The van der Waals surface area contributed by atoms with Crippen LogP contribution in [0.1, 0.15) is 20.7 Å². The Morgan fingerprint density at radius 2 is 0.896 bits per heavy atom. The van der Waals surface area contributed by atoms with Crippen LogP contribution in [0.3, 0.4) is 0 Å². The molecule has 0 aliphatic carbocycles. The van der Waals surface area contributed by atoms with Crippen LogP contribution in [0.25, 0.3) is 45.1 Å². The number of fused-ring (bicyclic) bond motifs is 2. The smallest absolute Gasteiger partial charge is 0.330 e. The number of nitrogens with two attached hydrogens (primary N) is 1. The zero-order chi connectivity index (χ0) is 53.7. The highest BCUT2D eigenvalue weighted by atomic mass is 16.5. The highest BCUT2D eigenvalue weighted by Gasteiger charge is 2.27. The van der Waals surface area contributed by atoms with Gasteiger partial charge < -0.3 is 51.5 Å². The number of hydrogen-bond acceptors (Lipinski definition) is 15. The Morgan fingerprint density at radius 1 is 0.519 bits per heavy atom. The predicted molar refractivity (Wildman–Crippen MR) is 297 cm³/mol. The average molecular weight is 1030 g/mol. The van der Waals surface area contributed by atoms with Gasteiger partial charge >= 0.3 is 5.97 Å². The van der Waals surface area contributed by atoms with Crippen LogP contribution in [0, 0.1) is 0 Å². The minimum atomic E-state index is -0.947. The number of nitrogens with zero attached hydrogens (tertiary/aromatic N) is 8. The van der Waals surface area contributed by atoms with Crippen molar-refractivity contribution in [3.63, 3.8) is 0 Å². The lowest BCUT2D eigenvalue weighted by atomic mass is 10.1. The van der Waals surface area contributed by atoms with Gasteiger partial charge in [-0.1, -0.05) is 72.8 Å². The van der Waals surface area contributed by atoms with E-state index in [1.165, 1.54) is 7.11 Å². The minimum absolute atomic E-state index is 0.160. The maximum absolute atomic E-state index is 13.3. The molecule has 386 valence electrons. The second-order valence-electron chi connectivity index (χ2n) is 17.2. The number of benzene rings is 6. The third kappa shape index (κ3) is 12.5. The van der Waals surface area contributed by atoms with Crippen molar-refractivity contribution < 1.29 is 23.9 Å². The van der Waals surface area contributed by atoms with E-state index in [1.54, 1.807) is 75.0 Å². The minimum Gasteiger partial charge on any atom is -0.467 e. The van der Waals surface area contributed by atoms with E-state index in [4.69, 9.17) is 10.5 Å². The quantitative estimate of drug-likeness (QED) is 0.0407. The van der Waals surface area contributed by atoms with Gasteiger partial charge in [0.2, 0.25) is 17.8 Å². The van der Waals surface area contributed by atoms with E-state index in [0.717, 1.165) is 22.7 Å². The lowest BCUT2D eigenvalue weighted by Crippen LogP contribution is -2.50. The Labute approximate surface area is 442 Å². The molecule has 4 heterocycles. The lowest BCUT2D eigenvalue weighted by Gasteiger charge is -2.29. The zero-order valence-electron chi connectivity index (χ0n) is 42.1. The SMILES string of the molecule is CNc1nccc(-c2nc3ccc(C(=O)N[C@@H](CN(c4ccccc4)c4ccccc4)C(=O)OC)cc3[nH]2)n1.CNc1nccc(-c2nc3ccc(C(=O)N[C@@H](CN(c4ccccc4)c4ccccc4)C(N)=O)cc3[nH]2)n1. The van der Waals surface area contributed by atoms with Gasteiger partial charge in [-0.2, -0.15) is 0 Å². The molecule has 0 spiro atoms. The molecule has 0 saturated carbocycles. The summed E-state index contributed by atoms with van der Waals surface area (Å²) in [6.45, 7) is 0.331. The van der Waals surface area contributed by atoms with Crippen LogP contribution >= 0.6 is 0 Å². The summed E-state index contributed by atoms with van der Waals surface area (Å²) < 4.78 is 5.05. The second-order valence-corrected chi connectivity index (χ2v) is 17.2. The number of ether oxygens (including phenoxy) is 1. The highest BCUT2D eigenvalue weighted by molar-refractivity contribution is 6.01. The van der Waals surface area contributed by atoms with E-state index in [2.05, 4.69) is 61.1 Å². The van der Waals surface area contributed by atoms with Crippen molar-refractivity contribution in [2.75, 3.05) is 54.7 Å². The van der Waals surface area contributed by atoms with Crippen molar-refractivity contribution in [2.45, 2.75) is 12.1 Å². The third-order valence-corrected chi connectivity index (χ3v) is 12.2. The normalized spacial score (nSPS) is 11.6. The first-order valence-corrected chi connectivity index (χ1v) is 24.3. The Hall–Kier alpha value is -10.5. The van der Waals surface area contributed by atoms with Crippen molar-refractivity contribution >= 4 is 80.4 Å². The zero-order valence-corrected chi connectivity index (χ0v) is 42.1. The molecule has 0 aliphatic heterocycles. The third-order valence-electron chi connectivity index (χ3n) is 12.2. The molecule has 6 aromatic carbocycles. The van der Waals surface area contributed by atoms with Crippen molar-refractivity contribution in [2.24, 2.45) is 5.73 Å². The number of nitrogens with one attached hydrogen (secondary N) is 6. The summed E-state index contributed by atoms with van der Waals surface area (Å²) in [4.78, 5) is 88.3. The fourth-order valence-corrected chi connectivity index (χ4v) is 8.29. The van der Waals surface area contributed by atoms with Gasteiger partial charge in [0.25, 0.3) is 11.8 Å².